The van der Waals surface area contributed by atoms with Crippen LogP contribution in [0, 0.1) is 13.8 Å². The molecule has 24 heavy (non-hydrogen) atoms. The third kappa shape index (κ3) is 2.48. The minimum absolute atomic E-state index is 0.0844. The van der Waals surface area contributed by atoms with Gasteiger partial charge >= 0.3 is 0 Å². The number of hydrogen-bond donors (Lipinski definition) is 0. The van der Waals surface area contributed by atoms with Crippen LogP contribution in [-0.2, 0) is 0 Å². The summed E-state index contributed by atoms with van der Waals surface area (Å²) < 4.78 is 1.95. The fraction of sp³-hybridized carbons (Fsp3) is 0.300. The van der Waals surface area contributed by atoms with E-state index < -0.39 is 0 Å². The number of nitrogens with zero attached hydrogens (tertiary/aromatic N) is 3. The molecular formula is C20H21N3O. The zero-order valence-corrected chi connectivity index (χ0v) is 14.1. The summed E-state index contributed by atoms with van der Waals surface area (Å²) in [5.74, 6) is 0.0844. The average Bonchev–Trinajstić information content (AvgIpc) is 3.22. The number of pyridine rings is 1. The standard InChI is InChI=1S/C20H21N3O/c1-14-5-8-16(9-6-14)18-19(20(24)22-11-3-4-12-22)23-13-15(2)7-10-17(23)21-18/h5-10,13H,3-4,11-12H2,1-2H3. The number of rotatable bonds is 2. The van der Waals surface area contributed by atoms with Gasteiger partial charge in [-0.3, -0.25) is 9.20 Å². The second-order valence-electron chi connectivity index (χ2n) is 6.61. The molecule has 1 amide bonds. The molecule has 1 saturated heterocycles. The van der Waals surface area contributed by atoms with E-state index in [0.29, 0.717) is 5.69 Å². The molecule has 0 saturated carbocycles. The molecule has 3 heterocycles. The molecule has 4 heteroatoms. The Morgan fingerprint density at radius 2 is 1.62 bits per heavy atom. The number of likely N-dealkylation sites (tertiary alicyclic amines) is 1. The molecule has 2 aromatic heterocycles. The highest BCUT2D eigenvalue weighted by atomic mass is 16.2. The van der Waals surface area contributed by atoms with Crippen LogP contribution >= 0.6 is 0 Å². The number of imidazole rings is 1. The van der Waals surface area contributed by atoms with Gasteiger partial charge in [-0.2, -0.15) is 0 Å². The van der Waals surface area contributed by atoms with E-state index in [2.05, 4.69) is 19.1 Å². The lowest BCUT2D eigenvalue weighted by molar-refractivity contribution is 0.0787. The van der Waals surface area contributed by atoms with Crippen LogP contribution < -0.4 is 0 Å². The van der Waals surface area contributed by atoms with Crippen molar-refractivity contribution in [2.75, 3.05) is 13.1 Å². The maximum absolute atomic E-state index is 13.2. The van der Waals surface area contributed by atoms with Crippen LogP contribution in [0.3, 0.4) is 0 Å². The van der Waals surface area contributed by atoms with Gasteiger partial charge in [0.1, 0.15) is 17.0 Å². The first kappa shape index (κ1) is 14.9. The maximum Gasteiger partial charge on any atom is 0.273 e. The number of amides is 1. The van der Waals surface area contributed by atoms with Crippen molar-refractivity contribution in [1.82, 2.24) is 14.3 Å². The number of benzene rings is 1. The summed E-state index contributed by atoms with van der Waals surface area (Å²) in [6.45, 7) is 5.78. The summed E-state index contributed by atoms with van der Waals surface area (Å²) >= 11 is 0. The van der Waals surface area contributed by atoms with Crippen LogP contribution in [0.1, 0.15) is 34.5 Å². The fourth-order valence-corrected chi connectivity index (χ4v) is 3.34. The van der Waals surface area contributed by atoms with Crippen molar-refractivity contribution in [2.24, 2.45) is 0 Å². The lowest BCUT2D eigenvalue weighted by Crippen LogP contribution is -2.29. The Hall–Kier alpha value is -2.62. The highest BCUT2D eigenvalue weighted by Crippen LogP contribution is 2.27. The molecule has 0 N–H and O–H groups in total. The van der Waals surface area contributed by atoms with Crippen LogP contribution in [0.2, 0.25) is 0 Å². The molecule has 0 aliphatic carbocycles. The van der Waals surface area contributed by atoms with E-state index in [9.17, 15) is 4.79 Å². The van der Waals surface area contributed by atoms with E-state index >= 15 is 0 Å². The Bertz CT molecular complexity index is 903. The molecule has 4 rings (SSSR count). The summed E-state index contributed by atoms with van der Waals surface area (Å²) in [4.78, 5) is 19.9. The molecule has 3 aromatic rings. The van der Waals surface area contributed by atoms with Crippen molar-refractivity contribution in [3.05, 3.63) is 59.4 Å². The number of carbonyl (C=O) groups excluding carboxylic acids is 1. The van der Waals surface area contributed by atoms with Crippen molar-refractivity contribution in [3.8, 4) is 11.3 Å². The molecule has 0 atom stereocenters. The molecule has 122 valence electrons. The Balaban J connectivity index is 1.93. The molecule has 0 bridgehead atoms. The maximum atomic E-state index is 13.2. The van der Waals surface area contributed by atoms with Crippen molar-refractivity contribution >= 4 is 11.6 Å². The number of aromatic nitrogens is 2. The largest absolute Gasteiger partial charge is 0.337 e. The molecule has 1 aliphatic heterocycles. The van der Waals surface area contributed by atoms with E-state index in [-0.39, 0.29) is 5.91 Å². The van der Waals surface area contributed by atoms with Crippen LogP contribution in [0.4, 0.5) is 0 Å². The number of hydrogen-bond acceptors (Lipinski definition) is 2. The molecular weight excluding hydrogens is 298 g/mol. The summed E-state index contributed by atoms with van der Waals surface area (Å²) in [6.07, 6.45) is 4.17. The molecule has 1 aromatic carbocycles. The molecule has 0 radical (unpaired) electrons. The van der Waals surface area contributed by atoms with Gasteiger partial charge in [0, 0.05) is 24.8 Å². The minimum atomic E-state index is 0.0844. The van der Waals surface area contributed by atoms with E-state index in [1.165, 1.54) is 5.56 Å². The molecule has 4 nitrogen and oxygen atoms in total. The number of fused-ring (bicyclic) bond motifs is 1. The zero-order valence-electron chi connectivity index (χ0n) is 14.1. The summed E-state index contributed by atoms with van der Waals surface area (Å²) in [5, 5.41) is 0. The summed E-state index contributed by atoms with van der Waals surface area (Å²) in [6, 6.07) is 12.2. The number of carbonyl (C=O) groups is 1. The van der Waals surface area contributed by atoms with Crippen molar-refractivity contribution in [1.29, 1.82) is 0 Å². The third-order valence-electron chi connectivity index (χ3n) is 4.69. The van der Waals surface area contributed by atoms with E-state index in [1.54, 1.807) is 0 Å². The van der Waals surface area contributed by atoms with Crippen LogP contribution in [0.5, 0.6) is 0 Å². The fourth-order valence-electron chi connectivity index (χ4n) is 3.34. The predicted octanol–water partition coefficient (Wildman–Crippen LogP) is 3.85. The predicted molar refractivity (Wildman–Crippen MR) is 95.2 cm³/mol. The van der Waals surface area contributed by atoms with Crippen molar-refractivity contribution in [2.45, 2.75) is 26.7 Å². The summed E-state index contributed by atoms with van der Waals surface area (Å²) in [7, 11) is 0. The first-order valence-electron chi connectivity index (χ1n) is 8.48. The third-order valence-corrected chi connectivity index (χ3v) is 4.69. The highest BCUT2D eigenvalue weighted by molar-refractivity contribution is 5.99. The van der Waals surface area contributed by atoms with Crippen molar-refractivity contribution in [3.63, 3.8) is 0 Å². The average molecular weight is 319 g/mol. The smallest absolute Gasteiger partial charge is 0.273 e. The van der Waals surface area contributed by atoms with Gasteiger partial charge in [-0.05, 0) is 38.3 Å². The first-order chi connectivity index (χ1) is 11.6. The van der Waals surface area contributed by atoms with Gasteiger partial charge in [-0.1, -0.05) is 35.9 Å². The van der Waals surface area contributed by atoms with Gasteiger partial charge in [0.2, 0.25) is 0 Å². The van der Waals surface area contributed by atoms with Crippen LogP contribution in [0.25, 0.3) is 16.9 Å². The molecule has 1 fully saturated rings. The quantitative estimate of drug-likeness (QED) is 0.719. The topological polar surface area (TPSA) is 37.6 Å². The lowest BCUT2D eigenvalue weighted by Gasteiger charge is -2.16. The normalized spacial score (nSPS) is 14.5. The highest BCUT2D eigenvalue weighted by Gasteiger charge is 2.26. The first-order valence-corrected chi connectivity index (χ1v) is 8.48. The molecule has 1 aliphatic rings. The zero-order chi connectivity index (χ0) is 16.7. The van der Waals surface area contributed by atoms with Gasteiger partial charge in [0.25, 0.3) is 5.91 Å². The molecule has 0 unspecified atom stereocenters. The Kier molecular flexibility index (Phi) is 3.60. The van der Waals surface area contributed by atoms with Crippen molar-refractivity contribution < 1.29 is 4.79 Å². The van der Waals surface area contributed by atoms with E-state index in [4.69, 9.17) is 4.98 Å². The molecule has 0 spiro atoms. The number of aryl methyl sites for hydroxylation is 2. The Labute approximate surface area is 141 Å². The van der Waals surface area contributed by atoms with E-state index in [0.717, 1.165) is 48.4 Å². The Morgan fingerprint density at radius 1 is 0.958 bits per heavy atom. The minimum Gasteiger partial charge on any atom is -0.337 e. The van der Waals surface area contributed by atoms with Gasteiger partial charge in [-0.15, -0.1) is 0 Å². The van der Waals surface area contributed by atoms with E-state index in [1.807, 2.05) is 46.7 Å². The van der Waals surface area contributed by atoms with Crippen LogP contribution in [0.15, 0.2) is 42.6 Å². The summed E-state index contributed by atoms with van der Waals surface area (Å²) in [5.41, 5.74) is 5.58. The monoisotopic (exact) mass is 319 g/mol. The van der Waals surface area contributed by atoms with Gasteiger partial charge < -0.3 is 4.90 Å². The van der Waals surface area contributed by atoms with Gasteiger partial charge in [-0.25, -0.2) is 4.98 Å². The van der Waals surface area contributed by atoms with Crippen LogP contribution in [-0.4, -0.2) is 33.3 Å². The second kappa shape index (κ2) is 5.78. The Morgan fingerprint density at radius 3 is 2.33 bits per heavy atom. The van der Waals surface area contributed by atoms with Gasteiger partial charge in [0.15, 0.2) is 0 Å². The SMILES string of the molecule is Cc1ccc(-c2nc3ccc(C)cn3c2C(=O)N2CCCC2)cc1. The second-order valence-corrected chi connectivity index (χ2v) is 6.61. The lowest BCUT2D eigenvalue weighted by atomic mass is 10.1. The van der Waals surface area contributed by atoms with Gasteiger partial charge in [0.05, 0.1) is 0 Å².